The van der Waals surface area contributed by atoms with Crippen LogP contribution in [0.4, 0.5) is 0 Å². The Balaban J connectivity index is 1.28. The van der Waals surface area contributed by atoms with Gasteiger partial charge in [0.25, 0.3) is 0 Å². The van der Waals surface area contributed by atoms with Gasteiger partial charge in [-0.05, 0) is 60.2 Å². The molecule has 3 aromatic heterocycles. The normalized spacial score (nSPS) is 11.6. The largest absolute Gasteiger partial charge is 0.456 e. The molecule has 10 rings (SSSR count). The molecule has 3 heterocycles. The lowest BCUT2D eigenvalue weighted by Crippen LogP contribution is -2.02. The summed E-state index contributed by atoms with van der Waals surface area (Å²) in [5.41, 5.74) is 10.1. The van der Waals surface area contributed by atoms with Gasteiger partial charge in [0.2, 0.25) is 0 Å². The van der Waals surface area contributed by atoms with Crippen LogP contribution < -0.4 is 0 Å². The van der Waals surface area contributed by atoms with Crippen molar-refractivity contribution in [3.05, 3.63) is 157 Å². The first-order valence-corrected chi connectivity index (χ1v) is 16.1. The molecular formula is C44H24N4O. The van der Waals surface area contributed by atoms with Crippen molar-refractivity contribution in [1.29, 1.82) is 10.5 Å². The second kappa shape index (κ2) is 10.2. The number of rotatable bonds is 3. The summed E-state index contributed by atoms with van der Waals surface area (Å²) in [6.45, 7) is 0. The molecule has 0 aliphatic carbocycles. The highest BCUT2D eigenvalue weighted by atomic mass is 16.3. The van der Waals surface area contributed by atoms with E-state index in [0.29, 0.717) is 11.1 Å². The number of hydrogen-bond donors (Lipinski definition) is 0. The van der Waals surface area contributed by atoms with Crippen molar-refractivity contribution in [2.24, 2.45) is 0 Å². The molecule has 0 aliphatic heterocycles. The first-order valence-electron chi connectivity index (χ1n) is 16.1. The van der Waals surface area contributed by atoms with Crippen LogP contribution in [-0.4, -0.2) is 9.13 Å². The van der Waals surface area contributed by atoms with Gasteiger partial charge in [-0.25, -0.2) is 0 Å². The molecule has 0 radical (unpaired) electrons. The monoisotopic (exact) mass is 624 g/mol. The van der Waals surface area contributed by atoms with Gasteiger partial charge >= 0.3 is 0 Å². The van der Waals surface area contributed by atoms with Gasteiger partial charge in [0.1, 0.15) is 17.2 Å². The predicted molar refractivity (Wildman–Crippen MR) is 197 cm³/mol. The second-order valence-electron chi connectivity index (χ2n) is 12.4. The molecule has 10 aromatic rings. The number of hydrogen-bond acceptors (Lipinski definition) is 3. The van der Waals surface area contributed by atoms with Crippen molar-refractivity contribution >= 4 is 65.6 Å². The first kappa shape index (κ1) is 27.1. The maximum Gasteiger partial charge on any atom is 0.137 e. The van der Waals surface area contributed by atoms with Gasteiger partial charge in [0.05, 0.1) is 45.0 Å². The first-order chi connectivity index (χ1) is 24.2. The van der Waals surface area contributed by atoms with Gasteiger partial charge < -0.3 is 13.6 Å². The van der Waals surface area contributed by atoms with Crippen molar-refractivity contribution in [1.82, 2.24) is 9.13 Å². The van der Waals surface area contributed by atoms with Crippen LogP contribution in [0.1, 0.15) is 11.1 Å². The Hall–Kier alpha value is -7.08. The molecule has 0 fully saturated rings. The third-order valence-electron chi connectivity index (χ3n) is 9.75. The maximum absolute atomic E-state index is 10.5. The Morgan fingerprint density at radius 2 is 1.08 bits per heavy atom. The number of fused-ring (bicyclic) bond motifs is 9. The molecule has 0 bridgehead atoms. The Labute approximate surface area is 280 Å². The van der Waals surface area contributed by atoms with Gasteiger partial charge in [-0.1, -0.05) is 84.9 Å². The second-order valence-corrected chi connectivity index (χ2v) is 12.4. The smallest absolute Gasteiger partial charge is 0.137 e. The van der Waals surface area contributed by atoms with Crippen molar-refractivity contribution in [3.8, 4) is 34.6 Å². The van der Waals surface area contributed by atoms with E-state index in [4.69, 9.17) is 4.42 Å². The van der Waals surface area contributed by atoms with Crippen molar-refractivity contribution in [3.63, 3.8) is 0 Å². The van der Waals surface area contributed by atoms with Gasteiger partial charge in [-0.3, -0.25) is 0 Å². The number of nitriles is 2. The van der Waals surface area contributed by atoms with E-state index in [1.807, 2.05) is 78.9 Å². The third-order valence-corrected chi connectivity index (χ3v) is 9.75. The molecule has 0 N–H and O–H groups in total. The molecule has 0 saturated heterocycles. The topological polar surface area (TPSA) is 70.6 Å². The molecule has 0 atom stereocenters. The van der Waals surface area contributed by atoms with Crippen LogP contribution in [-0.2, 0) is 0 Å². The lowest BCUT2D eigenvalue weighted by molar-refractivity contribution is 0.669. The summed E-state index contributed by atoms with van der Waals surface area (Å²) >= 11 is 0. The van der Waals surface area contributed by atoms with E-state index in [9.17, 15) is 10.5 Å². The predicted octanol–water partition coefficient (Wildman–Crippen LogP) is 11.2. The zero-order valence-electron chi connectivity index (χ0n) is 26.1. The maximum atomic E-state index is 10.5. The standard InChI is InChI=1S/C44H24N4O/c45-25-27-20-29(31-15-9-10-28(26-46)44(31)48-39-17-6-1-11-32(39)33-12-2-7-18-40(33)48)22-30(21-27)47-38-16-5-3-13-34(38)36-23-37-35-14-4-8-19-42(35)49-43(37)24-41(36)47/h1-24H. The minimum absolute atomic E-state index is 0.527. The fraction of sp³-hybridized carbons (Fsp3) is 0. The number of aromatic nitrogens is 2. The molecule has 5 nitrogen and oxygen atoms in total. The Kier molecular flexibility index (Phi) is 5.64. The highest BCUT2D eigenvalue weighted by molar-refractivity contribution is 6.17. The number of benzene rings is 7. The third kappa shape index (κ3) is 3.85. The highest BCUT2D eigenvalue weighted by Crippen LogP contribution is 2.41. The average Bonchev–Trinajstić information content (AvgIpc) is 3.80. The molecular weight excluding hydrogens is 601 g/mol. The van der Waals surface area contributed by atoms with Crippen LogP contribution in [0.5, 0.6) is 0 Å². The summed E-state index contributed by atoms with van der Waals surface area (Å²) in [5, 5.41) is 27.5. The fourth-order valence-corrected chi connectivity index (χ4v) is 7.70. The summed E-state index contributed by atoms with van der Waals surface area (Å²) in [6.07, 6.45) is 0. The minimum Gasteiger partial charge on any atom is -0.456 e. The number of para-hydroxylation sites is 5. The number of nitrogens with zero attached hydrogens (tertiary/aromatic N) is 4. The minimum atomic E-state index is 0.527. The fourth-order valence-electron chi connectivity index (χ4n) is 7.70. The van der Waals surface area contributed by atoms with E-state index in [1.165, 1.54) is 0 Å². The Morgan fingerprint density at radius 3 is 1.78 bits per heavy atom. The Bertz CT molecular complexity index is 3030. The molecule has 226 valence electrons. The van der Waals surface area contributed by atoms with Gasteiger partial charge in [0.15, 0.2) is 0 Å². The summed E-state index contributed by atoms with van der Waals surface area (Å²) < 4.78 is 10.7. The number of furan rings is 1. The molecule has 49 heavy (non-hydrogen) atoms. The Morgan fingerprint density at radius 1 is 0.449 bits per heavy atom. The van der Waals surface area contributed by atoms with Crippen molar-refractivity contribution < 1.29 is 4.42 Å². The van der Waals surface area contributed by atoms with E-state index in [-0.39, 0.29) is 0 Å². The zero-order chi connectivity index (χ0) is 32.6. The average molecular weight is 625 g/mol. The van der Waals surface area contributed by atoms with Crippen LogP contribution in [0.3, 0.4) is 0 Å². The molecule has 0 spiro atoms. The molecule has 7 aromatic carbocycles. The van der Waals surface area contributed by atoms with Crippen LogP contribution in [0.2, 0.25) is 0 Å². The van der Waals surface area contributed by atoms with Crippen LogP contribution in [0, 0.1) is 22.7 Å². The van der Waals surface area contributed by atoms with Crippen LogP contribution in [0.15, 0.2) is 150 Å². The van der Waals surface area contributed by atoms with Crippen LogP contribution >= 0.6 is 0 Å². The zero-order valence-corrected chi connectivity index (χ0v) is 26.1. The summed E-state index contributed by atoms with van der Waals surface area (Å²) in [6, 6.07) is 54.1. The molecule has 0 unspecified atom stereocenters. The van der Waals surface area contributed by atoms with E-state index in [0.717, 1.165) is 88.1 Å². The van der Waals surface area contributed by atoms with E-state index in [2.05, 4.69) is 88.0 Å². The summed E-state index contributed by atoms with van der Waals surface area (Å²) in [4.78, 5) is 0. The quantitative estimate of drug-likeness (QED) is 0.196. The summed E-state index contributed by atoms with van der Waals surface area (Å²) in [7, 11) is 0. The van der Waals surface area contributed by atoms with E-state index in [1.54, 1.807) is 0 Å². The van der Waals surface area contributed by atoms with E-state index >= 15 is 0 Å². The molecule has 0 amide bonds. The van der Waals surface area contributed by atoms with Crippen molar-refractivity contribution in [2.75, 3.05) is 0 Å². The SMILES string of the molecule is N#Cc1cc(-c2cccc(C#N)c2-n2c3ccccc3c3ccccc32)cc(-n2c3ccccc3c3cc4c(cc32)oc2ccccc24)c1. The lowest BCUT2D eigenvalue weighted by Gasteiger charge is -2.17. The summed E-state index contributed by atoms with van der Waals surface area (Å²) in [5.74, 6) is 0. The van der Waals surface area contributed by atoms with Crippen molar-refractivity contribution in [2.45, 2.75) is 0 Å². The van der Waals surface area contributed by atoms with Gasteiger partial charge in [0, 0.05) is 49.6 Å². The highest BCUT2D eigenvalue weighted by Gasteiger charge is 2.21. The molecule has 5 heteroatoms. The molecule has 0 saturated carbocycles. The van der Waals surface area contributed by atoms with Gasteiger partial charge in [-0.2, -0.15) is 10.5 Å². The van der Waals surface area contributed by atoms with Gasteiger partial charge in [-0.15, -0.1) is 0 Å². The van der Waals surface area contributed by atoms with Crippen LogP contribution in [0.25, 0.3) is 88.1 Å². The van der Waals surface area contributed by atoms with E-state index < -0.39 is 0 Å². The lowest BCUT2D eigenvalue weighted by atomic mass is 9.97. The molecule has 0 aliphatic rings.